The van der Waals surface area contributed by atoms with Crippen LogP contribution in [-0.2, 0) is 4.79 Å². The average Bonchev–Trinajstić information content (AvgIpc) is 2.83. The van der Waals surface area contributed by atoms with E-state index < -0.39 is 11.9 Å². The quantitative estimate of drug-likeness (QED) is 0.741. The highest BCUT2D eigenvalue weighted by Crippen LogP contribution is 2.25. The first-order chi connectivity index (χ1) is 9.47. The van der Waals surface area contributed by atoms with Gasteiger partial charge in [0.2, 0.25) is 0 Å². The van der Waals surface area contributed by atoms with Crippen LogP contribution in [0.5, 0.6) is 0 Å². The Morgan fingerprint density at radius 2 is 2.10 bits per heavy atom. The highest BCUT2D eigenvalue weighted by Gasteiger charge is 2.25. The van der Waals surface area contributed by atoms with Crippen LogP contribution in [0.4, 0.5) is 10.5 Å². The summed E-state index contributed by atoms with van der Waals surface area (Å²) >= 11 is 3.42. The summed E-state index contributed by atoms with van der Waals surface area (Å²) < 4.78 is 0.834. The summed E-state index contributed by atoms with van der Waals surface area (Å²) in [6.07, 6.45) is 3.71. The highest BCUT2D eigenvalue weighted by atomic mass is 79.9. The van der Waals surface area contributed by atoms with Crippen LogP contribution >= 0.6 is 15.9 Å². The normalized spacial score (nSPS) is 20.7. The number of carboxylic acid groups (broad SMARTS) is 1. The maximum atomic E-state index is 11.9. The van der Waals surface area contributed by atoms with Crippen LogP contribution in [0.3, 0.4) is 0 Å². The number of urea groups is 1. The Bertz CT molecular complexity index is 572. The van der Waals surface area contributed by atoms with Gasteiger partial charge < -0.3 is 15.7 Å². The molecule has 1 aromatic rings. The van der Waals surface area contributed by atoms with Crippen molar-refractivity contribution < 1.29 is 14.7 Å². The number of rotatable bonds is 3. The highest BCUT2D eigenvalue weighted by molar-refractivity contribution is 9.10. The zero-order chi connectivity index (χ0) is 14.7. The number of nitrogens with one attached hydrogen (secondary N) is 2. The van der Waals surface area contributed by atoms with E-state index in [1.165, 1.54) is 0 Å². The first-order valence-corrected chi connectivity index (χ1v) is 7.00. The Hall–Kier alpha value is -1.82. The second kappa shape index (κ2) is 6.09. The molecule has 0 radical (unpaired) electrons. The molecule has 20 heavy (non-hydrogen) atoms. The van der Waals surface area contributed by atoms with Crippen molar-refractivity contribution in [2.75, 3.05) is 5.32 Å². The second-order valence-corrected chi connectivity index (χ2v) is 5.50. The Morgan fingerprint density at radius 3 is 2.75 bits per heavy atom. The van der Waals surface area contributed by atoms with E-state index in [4.69, 9.17) is 5.11 Å². The number of carboxylic acids is 1. The Morgan fingerprint density at radius 1 is 1.35 bits per heavy atom. The van der Waals surface area contributed by atoms with E-state index in [1.807, 2.05) is 19.1 Å². The number of anilines is 1. The van der Waals surface area contributed by atoms with Crippen LogP contribution in [0.15, 0.2) is 34.8 Å². The predicted octanol–water partition coefficient (Wildman–Crippen LogP) is 2.91. The van der Waals surface area contributed by atoms with Crippen molar-refractivity contribution in [3.63, 3.8) is 0 Å². The number of carbonyl (C=O) groups excluding carboxylic acids is 1. The average molecular weight is 339 g/mol. The maximum absolute atomic E-state index is 11.9. The van der Waals surface area contributed by atoms with Gasteiger partial charge in [-0.1, -0.05) is 24.3 Å². The molecule has 0 saturated carbocycles. The van der Waals surface area contributed by atoms with E-state index >= 15 is 0 Å². The summed E-state index contributed by atoms with van der Waals surface area (Å²) in [5.74, 6) is -1.39. The van der Waals surface area contributed by atoms with Crippen LogP contribution in [0.1, 0.15) is 12.0 Å². The molecule has 0 heterocycles. The Balaban J connectivity index is 1.92. The third-order valence-corrected chi connectivity index (χ3v) is 4.21. The van der Waals surface area contributed by atoms with E-state index in [1.54, 1.807) is 18.2 Å². The standard InChI is InChI=1S/C14H15BrN2O3/c1-8-3-2-4-11(12(8)15)17-14(20)16-10-6-5-9(7-10)13(18)19/h2-6,9-10H,7H2,1H3,(H,18,19)(H2,16,17,20). The molecule has 6 heteroatoms. The van der Waals surface area contributed by atoms with Gasteiger partial charge in [-0.15, -0.1) is 0 Å². The molecular weight excluding hydrogens is 324 g/mol. The number of aryl methyl sites for hydroxylation is 1. The third kappa shape index (κ3) is 3.39. The lowest BCUT2D eigenvalue weighted by Gasteiger charge is -2.14. The van der Waals surface area contributed by atoms with Crippen LogP contribution in [-0.4, -0.2) is 23.1 Å². The van der Waals surface area contributed by atoms with Crippen molar-refractivity contribution >= 4 is 33.6 Å². The second-order valence-electron chi connectivity index (χ2n) is 4.71. The molecule has 0 spiro atoms. The molecule has 1 aliphatic carbocycles. The van der Waals surface area contributed by atoms with Gasteiger partial charge in [0.15, 0.2) is 0 Å². The monoisotopic (exact) mass is 338 g/mol. The number of benzene rings is 1. The molecule has 0 bridgehead atoms. The molecule has 1 aromatic carbocycles. The summed E-state index contributed by atoms with van der Waals surface area (Å²) in [6, 6.07) is 4.98. The topological polar surface area (TPSA) is 78.4 Å². The van der Waals surface area contributed by atoms with Crippen molar-refractivity contribution in [3.8, 4) is 0 Å². The van der Waals surface area contributed by atoms with E-state index in [9.17, 15) is 9.59 Å². The van der Waals surface area contributed by atoms with Gasteiger partial charge in [-0.3, -0.25) is 4.79 Å². The molecule has 2 amide bonds. The fraction of sp³-hybridized carbons (Fsp3) is 0.286. The van der Waals surface area contributed by atoms with E-state index in [-0.39, 0.29) is 12.1 Å². The van der Waals surface area contributed by atoms with Crippen molar-refractivity contribution in [1.82, 2.24) is 5.32 Å². The van der Waals surface area contributed by atoms with Crippen molar-refractivity contribution in [2.45, 2.75) is 19.4 Å². The molecule has 0 aromatic heterocycles. The van der Waals surface area contributed by atoms with Crippen LogP contribution in [0.2, 0.25) is 0 Å². The first kappa shape index (κ1) is 14.6. The number of carbonyl (C=O) groups is 2. The molecule has 1 aliphatic rings. The van der Waals surface area contributed by atoms with E-state index in [2.05, 4.69) is 26.6 Å². The van der Waals surface area contributed by atoms with Gasteiger partial charge in [0.05, 0.1) is 17.6 Å². The minimum Gasteiger partial charge on any atom is -0.481 e. The van der Waals surface area contributed by atoms with Gasteiger partial charge in [-0.25, -0.2) is 4.79 Å². The van der Waals surface area contributed by atoms with E-state index in [0.29, 0.717) is 12.1 Å². The molecular formula is C14H15BrN2O3. The molecule has 5 nitrogen and oxygen atoms in total. The van der Waals surface area contributed by atoms with Crippen molar-refractivity contribution in [1.29, 1.82) is 0 Å². The first-order valence-electron chi connectivity index (χ1n) is 6.21. The maximum Gasteiger partial charge on any atom is 0.319 e. The lowest BCUT2D eigenvalue weighted by atomic mass is 10.1. The van der Waals surface area contributed by atoms with E-state index in [0.717, 1.165) is 10.0 Å². The molecule has 2 atom stereocenters. The summed E-state index contributed by atoms with van der Waals surface area (Å²) in [6.45, 7) is 1.93. The Labute approximate surface area is 125 Å². The van der Waals surface area contributed by atoms with Crippen LogP contribution in [0, 0.1) is 12.8 Å². The predicted molar refractivity (Wildman–Crippen MR) is 79.7 cm³/mol. The molecule has 3 N–H and O–H groups in total. The molecule has 2 unspecified atom stereocenters. The van der Waals surface area contributed by atoms with Crippen LogP contribution < -0.4 is 10.6 Å². The summed E-state index contributed by atoms with van der Waals surface area (Å²) in [5, 5.41) is 14.4. The number of halogens is 1. The summed E-state index contributed by atoms with van der Waals surface area (Å²) in [5.41, 5.74) is 1.70. The molecule has 2 rings (SSSR count). The largest absolute Gasteiger partial charge is 0.481 e. The molecule has 106 valence electrons. The SMILES string of the molecule is Cc1cccc(NC(=O)NC2C=CC(C(=O)O)C2)c1Br. The third-order valence-electron chi connectivity index (χ3n) is 3.16. The summed E-state index contributed by atoms with van der Waals surface area (Å²) in [7, 11) is 0. The summed E-state index contributed by atoms with van der Waals surface area (Å²) in [4.78, 5) is 22.7. The lowest BCUT2D eigenvalue weighted by Crippen LogP contribution is -2.36. The van der Waals surface area contributed by atoms with Gasteiger partial charge >= 0.3 is 12.0 Å². The van der Waals surface area contributed by atoms with Gasteiger partial charge in [0.1, 0.15) is 0 Å². The fourth-order valence-corrected chi connectivity index (χ4v) is 2.42. The van der Waals surface area contributed by atoms with Gasteiger partial charge in [-0.2, -0.15) is 0 Å². The zero-order valence-electron chi connectivity index (χ0n) is 10.9. The van der Waals surface area contributed by atoms with Crippen molar-refractivity contribution in [2.24, 2.45) is 5.92 Å². The minimum absolute atomic E-state index is 0.250. The number of amides is 2. The number of hydrogen-bond acceptors (Lipinski definition) is 2. The van der Waals surface area contributed by atoms with Gasteiger partial charge in [-0.05, 0) is 40.9 Å². The molecule has 0 saturated heterocycles. The van der Waals surface area contributed by atoms with Crippen molar-refractivity contribution in [3.05, 3.63) is 40.4 Å². The molecule has 0 fully saturated rings. The fourth-order valence-electron chi connectivity index (χ4n) is 2.06. The molecule has 0 aliphatic heterocycles. The lowest BCUT2D eigenvalue weighted by molar-refractivity contribution is -0.140. The number of aliphatic carboxylic acids is 1. The number of hydrogen-bond donors (Lipinski definition) is 3. The van der Waals surface area contributed by atoms with Gasteiger partial charge in [0, 0.05) is 4.47 Å². The van der Waals surface area contributed by atoms with Crippen LogP contribution in [0.25, 0.3) is 0 Å². The zero-order valence-corrected chi connectivity index (χ0v) is 12.5. The van der Waals surface area contributed by atoms with Gasteiger partial charge in [0.25, 0.3) is 0 Å². The Kier molecular flexibility index (Phi) is 4.44. The minimum atomic E-state index is -0.868. The smallest absolute Gasteiger partial charge is 0.319 e.